The molecule has 2 aliphatic rings. The molecule has 172 valence electrons. The molecule has 2 aliphatic carbocycles. The maximum Gasteiger partial charge on any atom is 0.341 e. The third-order valence-corrected chi connectivity index (χ3v) is 8.54. The van der Waals surface area contributed by atoms with E-state index in [1.165, 1.54) is 41.0 Å². The number of thiophene rings is 2. The van der Waals surface area contributed by atoms with Gasteiger partial charge in [0.25, 0.3) is 5.91 Å². The summed E-state index contributed by atoms with van der Waals surface area (Å²) in [7, 11) is 0. The SMILES string of the molecule is CCOC(=O)c1c(NC(=S)NNC(=O)c2cc3c(s2)CCCCC3)sc2c1CCCCC2. The van der Waals surface area contributed by atoms with Crippen molar-refractivity contribution in [3.8, 4) is 0 Å². The second kappa shape index (κ2) is 10.8. The second-order valence-corrected chi connectivity index (χ2v) is 10.8. The van der Waals surface area contributed by atoms with Crippen LogP contribution in [0.1, 0.15) is 86.4 Å². The molecule has 0 radical (unpaired) electrons. The van der Waals surface area contributed by atoms with Crippen LogP contribution in [0.4, 0.5) is 5.00 Å². The number of rotatable bonds is 4. The van der Waals surface area contributed by atoms with Crippen molar-refractivity contribution < 1.29 is 14.3 Å². The van der Waals surface area contributed by atoms with Gasteiger partial charge in [-0.25, -0.2) is 4.79 Å². The molecule has 0 unspecified atom stereocenters. The predicted octanol–water partition coefficient (Wildman–Crippen LogP) is 5.16. The van der Waals surface area contributed by atoms with E-state index in [2.05, 4.69) is 16.2 Å². The van der Waals surface area contributed by atoms with Crippen LogP contribution in [0.25, 0.3) is 0 Å². The lowest BCUT2D eigenvalue weighted by Gasteiger charge is -2.12. The zero-order valence-corrected chi connectivity index (χ0v) is 20.8. The average Bonchev–Trinajstić information content (AvgIpc) is 3.14. The van der Waals surface area contributed by atoms with E-state index in [4.69, 9.17) is 17.0 Å². The van der Waals surface area contributed by atoms with Crippen molar-refractivity contribution in [1.82, 2.24) is 10.9 Å². The maximum atomic E-state index is 12.7. The van der Waals surface area contributed by atoms with Crippen LogP contribution in [0, 0.1) is 0 Å². The average molecular weight is 492 g/mol. The molecule has 0 saturated heterocycles. The van der Waals surface area contributed by atoms with Crippen molar-refractivity contribution in [2.75, 3.05) is 11.9 Å². The Morgan fingerprint density at radius 3 is 2.47 bits per heavy atom. The van der Waals surface area contributed by atoms with Gasteiger partial charge in [0, 0.05) is 9.75 Å². The van der Waals surface area contributed by atoms with E-state index in [-0.39, 0.29) is 17.0 Å². The van der Waals surface area contributed by atoms with Crippen molar-refractivity contribution in [2.45, 2.75) is 71.1 Å². The number of amides is 1. The number of thiocarbonyl (C=S) groups is 1. The number of hydrogen-bond acceptors (Lipinski definition) is 6. The van der Waals surface area contributed by atoms with Crippen LogP contribution in [0.15, 0.2) is 6.07 Å². The first-order chi connectivity index (χ1) is 15.6. The van der Waals surface area contributed by atoms with E-state index in [0.717, 1.165) is 44.1 Å². The summed E-state index contributed by atoms with van der Waals surface area (Å²) >= 11 is 8.54. The molecular weight excluding hydrogens is 462 g/mol. The Labute approximate surface area is 202 Å². The summed E-state index contributed by atoms with van der Waals surface area (Å²) in [6, 6.07) is 2.01. The van der Waals surface area contributed by atoms with Crippen molar-refractivity contribution >= 4 is 56.9 Å². The largest absolute Gasteiger partial charge is 0.462 e. The van der Waals surface area contributed by atoms with Crippen LogP contribution in [0.2, 0.25) is 0 Å². The minimum absolute atomic E-state index is 0.195. The first-order valence-corrected chi connectivity index (χ1v) is 13.4. The van der Waals surface area contributed by atoms with Gasteiger partial charge in [-0.1, -0.05) is 12.8 Å². The normalized spacial score (nSPS) is 15.5. The van der Waals surface area contributed by atoms with Gasteiger partial charge in [-0.2, -0.15) is 0 Å². The molecule has 0 fully saturated rings. The zero-order chi connectivity index (χ0) is 22.5. The number of hydrazine groups is 1. The topological polar surface area (TPSA) is 79.5 Å². The smallest absolute Gasteiger partial charge is 0.341 e. The lowest BCUT2D eigenvalue weighted by Crippen LogP contribution is -2.43. The van der Waals surface area contributed by atoms with E-state index < -0.39 is 0 Å². The summed E-state index contributed by atoms with van der Waals surface area (Å²) in [4.78, 5) is 28.6. The van der Waals surface area contributed by atoms with Gasteiger partial charge in [0.05, 0.1) is 17.0 Å². The highest BCUT2D eigenvalue weighted by atomic mass is 32.1. The van der Waals surface area contributed by atoms with Crippen molar-refractivity contribution in [3.05, 3.63) is 37.4 Å². The number of aryl methyl sites for hydroxylation is 3. The number of ether oxygens (including phenoxy) is 1. The van der Waals surface area contributed by atoms with Crippen LogP contribution in [-0.4, -0.2) is 23.6 Å². The molecule has 2 aromatic heterocycles. The van der Waals surface area contributed by atoms with Gasteiger partial charge in [0.2, 0.25) is 0 Å². The summed E-state index contributed by atoms with van der Waals surface area (Å²) in [6.07, 6.45) is 10.9. The molecule has 0 bridgehead atoms. The molecule has 6 nitrogen and oxygen atoms in total. The van der Waals surface area contributed by atoms with E-state index in [0.29, 0.717) is 22.0 Å². The Morgan fingerprint density at radius 2 is 1.69 bits per heavy atom. The number of hydrogen-bond donors (Lipinski definition) is 3. The molecule has 2 heterocycles. The number of carbonyl (C=O) groups is 2. The molecule has 32 heavy (non-hydrogen) atoms. The highest BCUT2D eigenvalue weighted by Crippen LogP contribution is 2.38. The monoisotopic (exact) mass is 491 g/mol. The van der Waals surface area contributed by atoms with E-state index >= 15 is 0 Å². The van der Waals surface area contributed by atoms with Crippen LogP contribution in [0.5, 0.6) is 0 Å². The number of anilines is 1. The Kier molecular flexibility index (Phi) is 7.80. The van der Waals surface area contributed by atoms with E-state index in [9.17, 15) is 9.59 Å². The molecule has 0 spiro atoms. The number of carbonyl (C=O) groups excluding carboxylic acids is 2. The third kappa shape index (κ3) is 5.32. The molecular formula is C23H29N3O3S3. The van der Waals surface area contributed by atoms with Crippen LogP contribution < -0.4 is 16.2 Å². The maximum absolute atomic E-state index is 12.7. The first kappa shape index (κ1) is 23.2. The standard InChI is InChI=1S/C23H29N3O3S3/c1-2-29-22(28)19-15-10-6-4-8-12-17(15)32-21(19)24-23(30)26-25-20(27)18-13-14-9-5-3-7-11-16(14)31-18/h13H,2-12H2,1H3,(H,25,27)(H2,24,26,30). The number of fused-ring (bicyclic) bond motifs is 2. The first-order valence-electron chi connectivity index (χ1n) is 11.4. The molecule has 2 aromatic rings. The fourth-order valence-corrected chi connectivity index (χ4v) is 6.99. The van der Waals surface area contributed by atoms with Gasteiger partial charge in [-0.3, -0.25) is 15.6 Å². The van der Waals surface area contributed by atoms with Crippen LogP contribution >= 0.6 is 34.9 Å². The molecule has 1 amide bonds. The van der Waals surface area contributed by atoms with Gasteiger partial charge in [-0.15, -0.1) is 22.7 Å². The number of nitrogens with one attached hydrogen (secondary N) is 3. The lowest BCUT2D eigenvalue weighted by atomic mass is 10.1. The second-order valence-electron chi connectivity index (χ2n) is 8.14. The fraction of sp³-hybridized carbons (Fsp3) is 0.522. The summed E-state index contributed by atoms with van der Waals surface area (Å²) in [6.45, 7) is 2.13. The fourth-order valence-electron chi connectivity index (χ4n) is 4.34. The Bertz CT molecular complexity index is 988. The Morgan fingerprint density at radius 1 is 0.969 bits per heavy atom. The highest BCUT2D eigenvalue weighted by Gasteiger charge is 2.26. The lowest BCUT2D eigenvalue weighted by molar-refractivity contribution is 0.0526. The van der Waals surface area contributed by atoms with Gasteiger partial charge in [0.1, 0.15) is 5.00 Å². The van der Waals surface area contributed by atoms with E-state index in [1.54, 1.807) is 22.7 Å². The van der Waals surface area contributed by atoms with Gasteiger partial charge >= 0.3 is 5.97 Å². The predicted molar refractivity (Wildman–Crippen MR) is 134 cm³/mol. The van der Waals surface area contributed by atoms with Gasteiger partial charge in [-0.05, 0) is 87.7 Å². The van der Waals surface area contributed by atoms with Crippen molar-refractivity contribution in [3.63, 3.8) is 0 Å². The van der Waals surface area contributed by atoms with Crippen molar-refractivity contribution in [2.24, 2.45) is 0 Å². The summed E-state index contributed by atoms with van der Waals surface area (Å²) in [5.74, 6) is -0.513. The Hall–Kier alpha value is -1.97. The Balaban J connectivity index is 1.41. The van der Waals surface area contributed by atoms with E-state index in [1.807, 2.05) is 13.0 Å². The molecule has 3 N–H and O–H groups in total. The molecule has 0 saturated carbocycles. The molecule has 0 aliphatic heterocycles. The molecule has 0 atom stereocenters. The number of esters is 1. The summed E-state index contributed by atoms with van der Waals surface area (Å²) in [5, 5.41) is 4.05. The quantitative estimate of drug-likeness (QED) is 0.237. The molecule has 9 heteroatoms. The van der Waals surface area contributed by atoms with Gasteiger partial charge in [0.15, 0.2) is 5.11 Å². The summed E-state index contributed by atoms with van der Waals surface area (Å²) < 4.78 is 5.32. The molecule has 0 aromatic carbocycles. The summed E-state index contributed by atoms with van der Waals surface area (Å²) in [5.41, 5.74) is 8.47. The molecule has 4 rings (SSSR count). The van der Waals surface area contributed by atoms with Crippen LogP contribution in [0.3, 0.4) is 0 Å². The minimum atomic E-state index is -0.318. The minimum Gasteiger partial charge on any atom is -0.462 e. The zero-order valence-electron chi connectivity index (χ0n) is 18.3. The highest BCUT2D eigenvalue weighted by molar-refractivity contribution is 7.80. The van der Waals surface area contributed by atoms with Gasteiger partial charge < -0.3 is 10.1 Å². The van der Waals surface area contributed by atoms with Crippen LogP contribution in [-0.2, 0) is 30.4 Å². The van der Waals surface area contributed by atoms with Crippen molar-refractivity contribution in [1.29, 1.82) is 0 Å². The third-order valence-electron chi connectivity index (χ3n) is 5.89.